The van der Waals surface area contributed by atoms with Crippen LogP contribution in [0.5, 0.6) is 0 Å². The molecule has 10 nitrogen and oxygen atoms in total. The Bertz CT molecular complexity index is 1330. The smallest absolute Gasteiger partial charge is 0.411 e. The van der Waals surface area contributed by atoms with Crippen LogP contribution in [0, 0.1) is 13.8 Å². The third-order valence-corrected chi connectivity index (χ3v) is 5.78. The maximum absolute atomic E-state index is 12.2. The first-order valence-electron chi connectivity index (χ1n) is 10.9. The number of amides is 3. The summed E-state index contributed by atoms with van der Waals surface area (Å²) in [7, 11) is 0. The van der Waals surface area contributed by atoms with E-state index in [2.05, 4.69) is 15.7 Å². The molecule has 2 aromatic carbocycles. The van der Waals surface area contributed by atoms with E-state index in [9.17, 15) is 19.2 Å². The molecule has 0 unspecified atom stereocenters. The number of hydrogen-bond donors (Lipinski definition) is 3. The Hall–Kier alpha value is -4.47. The first-order valence-corrected chi connectivity index (χ1v) is 10.9. The van der Waals surface area contributed by atoms with Gasteiger partial charge in [0, 0.05) is 22.5 Å². The second-order valence-corrected chi connectivity index (χ2v) is 8.32. The van der Waals surface area contributed by atoms with Crippen LogP contribution in [0.3, 0.4) is 0 Å². The van der Waals surface area contributed by atoms with E-state index in [1.807, 2.05) is 19.1 Å². The number of hydrogen-bond acceptors (Lipinski definition) is 6. The van der Waals surface area contributed by atoms with E-state index >= 15 is 0 Å². The van der Waals surface area contributed by atoms with Gasteiger partial charge in [0.25, 0.3) is 5.91 Å². The lowest BCUT2D eigenvalue weighted by Crippen LogP contribution is -2.37. The van der Waals surface area contributed by atoms with E-state index in [0.717, 1.165) is 11.3 Å². The normalized spacial score (nSPS) is 12.6. The van der Waals surface area contributed by atoms with E-state index in [0.29, 0.717) is 40.2 Å². The number of aliphatic carboxylic acids is 1. The monoisotopic (exact) mass is 476 g/mol. The number of carbonyl (C=O) groups excluding carboxylic acids is 3. The number of nitrogens with zero attached hydrogens (tertiary/aromatic N) is 2. The fourth-order valence-electron chi connectivity index (χ4n) is 3.98. The molecule has 1 aromatic heterocycles. The molecule has 0 saturated carbocycles. The zero-order valence-corrected chi connectivity index (χ0v) is 19.3. The van der Waals surface area contributed by atoms with Crippen LogP contribution in [0.4, 0.5) is 10.5 Å². The van der Waals surface area contributed by atoms with Crippen molar-refractivity contribution in [3.8, 4) is 0 Å². The van der Waals surface area contributed by atoms with Gasteiger partial charge in [-0.15, -0.1) is 0 Å². The molecule has 0 bridgehead atoms. The van der Waals surface area contributed by atoms with E-state index in [4.69, 9.17) is 9.84 Å². The van der Waals surface area contributed by atoms with Crippen molar-refractivity contribution in [3.63, 3.8) is 0 Å². The molecule has 0 aliphatic carbocycles. The lowest BCUT2D eigenvalue weighted by molar-refractivity contribution is -0.136. The molecule has 3 amide bonds. The van der Waals surface area contributed by atoms with Gasteiger partial charge < -0.3 is 9.84 Å². The van der Waals surface area contributed by atoms with Gasteiger partial charge in [0.2, 0.25) is 5.91 Å². The molecule has 180 valence electrons. The van der Waals surface area contributed by atoms with E-state index in [-0.39, 0.29) is 25.4 Å². The number of aromatic nitrogens is 2. The summed E-state index contributed by atoms with van der Waals surface area (Å²) in [5.41, 5.74) is 5.42. The van der Waals surface area contributed by atoms with E-state index in [1.54, 1.807) is 41.9 Å². The number of imide groups is 1. The summed E-state index contributed by atoms with van der Waals surface area (Å²) in [6, 6.07) is 12.1. The summed E-state index contributed by atoms with van der Waals surface area (Å²) in [6.07, 6.45) is -0.603. The molecule has 0 radical (unpaired) electrons. The van der Waals surface area contributed by atoms with Crippen LogP contribution < -0.4 is 10.6 Å². The third kappa shape index (κ3) is 5.55. The lowest BCUT2D eigenvalue weighted by atomic mass is 9.98. The number of carboxylic acid groups (broad SMARTS) is 1. The summed E-state index contributed by atoms with van der Waals surface area (Å²) in [4.78, 5) is 46.7. The minimum absolute atomic E-state index is 0.0103. The molecule has 0 saturated heterocycles. The van der Waals surface area contributed by atoms with Crippen molar-refractivity contribution < 1.29 is 29.0 Å². The molecule has 0 fully saturated rings. The average molecular weight is 476 g/mol. The topological polar surface area (TPSA) is 140 Å². The second kappa shape index (κ2) is 9.80. The summed E-state index contributed by atoms with van der Waals surface area (Å²) in [5.74, 6) is -1.68. The van der Waals surface area contributed by atoms with Gasteiger partial charge in [-0.3, -0.25) is 29.7 Å². The van der Waals surface area contributed by atoms with Crippen molar-refractivity contribution in [1.29, 1.82) is 0 Å². The average Bonchev–Trinajstić information content (AvgIpc) is 3.05. The van der Waals surface area contributed by atoms with Gasteiger partial charge in [-0.2, -0.15) is 5.10 Å². The number of fused-ring (bicyclic) bond motifs is 1. The Labute approximate surface area is 200 Å². The number of anilines is 1. The predicted octanol–water partition coefficient (Wildman–Crippen LogP) is 2.74. The van der Waals surface area contributed by atoms with Crippen LogP contribution in [-0.2, 0) is 40.3 Å². The standard InChI is InChI=1S/C25H24N4O6/c1-14-21(11-23(31)32)15(2)29(28-14)12-16-3-6-19(7-4-16)26-25(34)35-13-17-5-8-20-18(9-17)10-22(30)27-24(20)33/h3-9H,10-13H2,1-2H3,(H,26,34)(H,31,32)(H,27,30,33). The lowest BCUT2D eigenvalue weighted by Gasteiger charge is -2.16. The van der Waals surface area contributed by atoms with E-state index < -0.39 is 18.0 Å². The number of carboxylic acids is 1. The molecule has 0 atom stereocenters. The molecule has 10 heteroatoms. The molecule has 3 N–H and O–H groups in total. The van der Waals surface area contributed by atoms with Gasteiger partial charge in [-0.25, -0.2) is 4.79 Å². The Morgan fingerprint density at radius 2 is 1.83 bits per heavy atom. The van der Waals surface area contributed by atoms with Gasteiger partial charge in [-0.05, 0) is 48.7 Å². The largest absolute Gasteiger partial charge is 0.481 e. The van der Waals surface area contributed by atoms with Gasteiger partial charge in [0.15, 0.2) is 0 Å². The van der Waals surface area contributed by atoms with Crippen molar-refractivity contribution >= 4 is 29.6 Å². The fraction of sp³-hybridized carbons (Fsp3) is 0.240. The maximum atomic E-state index is 12.2. The zero-order chi connectivity index (χ0) is 25.1. The van der Waals surface area contributed by atoms with Gasteiger partial charge >= 0.3 is 12.1 Å². The summed E-state index contributed by atoms with van der Waals surface area (Å²) >= 11 is 0. The highest BCUT2D eigenvalue weighted by Crippen LogP contribution is 2.19. The highest BCUT2D eigenvalue weighted by atomic mass is 16.5. The number of ether oxygens (including phenoxy) is 1. The quantitative estimate of drug-likeness (QED) is 0.446. The Balaban J connectivity index is 1.33. The Kier molecular flexibility index (Phi) is 6.63. The van der Waals surface area contributed by atoms with Crippen molar-refractivity contribution in [2.45, 2.75) is 39.8 Å². The zero-order valence-electron chi connectivity index (χ0n) is 19.3. The second-order valence-electron chi connectivity index (χ2n) is 8.32. The molecular formula is C25H24N4O6. The summed E-state index contributed by atoms with van der Waals surface area (Å²) in [5, 5.41) is 18.4. The van der Waals surface area contributed by atoms with Crippen LogP contribution in [0.15, 0.2) is 42.5 Å². The minimum atomic E-state index is -0.896. The molecule has 4 rings (SSSR count). The van der Waals surface area contributed by atoms with Crippen molar-refractivity contribution in [3.05, 3.63) is 81.7 Å². The molecular weight excluding hydrogens is 452 g/mol. The van der Waals surface area contributed by atoms with Crippen LogP contribution in [-0.4, -0.2) is 38.8 Å². The van der Waals surface area contributed by atoms with Gasteiger partial charge in [0.1, 0.15) is 6.61 Å². The molecule has 1 aliphatic heterocycles. The summed E-state index contributed by atoms with van der Waals surface area (Å²) in [6.45, 7) is 4.10. The van der Waals surface area contributed by atoms with Crippen LogP contribution in [0.25, 0.3) is 0 Å². The van der Waals surface area contributed by atoms with Crippen molar-refractivity contribution in [1.82, 2.24) is 15.1 Å². The predicted molar refractivity (Wildman–Crippen MR) is 125 cm³/mol. The van der Waals surface area contributed by atoms with Crippen LogP contribution in [0.1, 0.15) is 44.0 Å². The maximum Gasteiger partial charge on any atom is 0.411 e. The first kappa shape index (κ1) is 23.7. The summed E-state index contributed by atoms with van der Waals surface area (Å²) < 4.78 is 7.03. The molecule has 3 aromatic rings. The molecule has 0 spiro atoms. The molecule has 35 heavy (non-hydrogen) atoms. The number of benzene rings is 2. The van der Waals surface area contributed by atoms with Crippen LogP contribution >= 0.6 is 0 Å². The van der Waals surface area contributed by atoms with E-state index in [1.165, 1.54) is 0 Å². The molecule has 2 heterocycles. The number of aryl methyl sites for hydroxylation is 1. The Morgan fingerprint density at radius 1 is 1.11 bits per heavy atom. The highest BCUT2D eigenvalue weighted by Gasteiger charge is 2.22. The number of carbonyl (C=O) groups is 4. The number of nitrogens with one attached hydrogen (secondary N) is 2. The van der Waals surface area contributed by atoms with Gasteiger partial charge in [0.05, 0.1) is 25.1 Å². The Morgan fingerprint density at radius 3 is 2.54 bits per heavy atom. The van der Waals surface area contributed by atoms with Crippen molar-refractivity contribution in [2.75, 3.05) is 5.32 Å². The molecule has 1 aliphatic rings. The first-order chi connectivity index (χ1) is 16.7. The fourth-order valence-corrected chi connectivity index (χ4v) is 3.98. The highest BCUT2D eigenvalue weighted by molar-refractivity contribution is 6.09. The van der Waals surface area contributed by atoms with Crippen LogP contribution in [0.2, 0.25) is 0 Å². The third-order valence-electron chi connectivity index (χ3n) is 5.78. The SMILES string of the molecule is Cc1nn(Cc2ccc(NC(=O)OCc3ccc4c(c3)CC(=O)NC4=O)cc2)c(C)c1CC(=O)O. The van der Waals surface area contributed by atoms with Crippen molar-refractivity contribution in [2.24, 2.45) is 0 Å². The number of rotatable bonds is 7. The van der Waals surface area contributed by atoms with Gasteiger partial charge in [-0.1, -0.05) is 24.3 Å². The minimum Gasteiger partial charge on any atom is -0.481 e.